The highest BCUT2D eigenvalue weighted by molar-refractivity contribution is 7.18. The van der Waals surface area contributed by atoms with E-state index in [1.165, 1.54) is 0 Å². The zero-order chi connectivity index (χ0) is 28.5. The monoisotopic (exact) mass is 555 g/mol. The van der Waals surface area contributed by atoms with E-state index in [0.29, 0.717) is 19.3 Å². The molecule has 2 saturated heterocycles. The number of carbonyl (C=O) groups is 2. The van der Waals surface area contributed by atoms with Gasteiger partial charge in [-0.05, 0) is 56.7 Å². The van der Waals surface area contributed by atoms with E-state index in [4.69, 9.17) is 15.9 Å². The number of aliphatic hydroxyl groups excluding tert-OH is 2. The van der Waals surface area contributed by atoms with Crippen LogP contribution in [0.15, 0.2) is 18.2 Å². The Hall–Kier alpha value is -2.31. The van der Waals surface area contributed by atoms with Crippen molar-refractivity contribution in [2.45, 2.75) is 110 Å². The Balaban J connectivity index is 1.63. The van der Waals surface area contributed by atoms with Gasteiger partial charge in [0.2, 0.25) is 0 Å². The van der Waals surface area contributed by atoms with E-state index in [1.807, 2.05) is 32.0 Å². The fourth-order valence-electron chi connectivity index (χ4n) is 5.81. The first-order valence-electron chi connectivity index (χ1n) is 13.9. The number of aliphatic hydroxyl groups is 2. The summed E-state index contributed by atoms with van der Waals surface area (Å²) in [7, 11) is 0. The van der Waals surface area contributed by atoms with Crippen LogP contribution >= 0.6 is 11.3 Å². The minimum atomic E-state index is -1.28. The molecule has 4 rings (SSSR count). The third kappa shape index (κ3) is 6.54. The minimum Gasteiger partial charge on any atom is -0.457 e. The Bertz CT molecular complexity index is 1250. The molecule has 212 valence electrons. The molecular formula is C31H41NO6S. The molecule has 2 aliphatic rings. The molecule has 8 heteroatoms. The minimum absolute atomic E-state index is 0.0809. The highest BCUT2D eigenvalue weighted by Gasteiger charge is 2.53. The second-order valence-corrected chi connectivity index (χ2v) is 13.3. The van der Waals surface area contributed by atoms with Crippen LogP contribution in [0.5, 0.6) is 0 Å². The number of ether oxygens (including phenoxy) is 2. The summed E-state index contributed by atoms with van der Waals surface area (Å²) in [6, 6.07) is 5.91. The Labute approximate surface area is 235 Å². The summed E-state index contributed by atoms with van der Waals surface area (Å²) < 4.78 is 13.2. The zero-order valence-electron chi connectivity index (χ0n) is 23.6. The van der Waals surface area contributed by atoms with Crippen molar-refractivity contribution < 1.29 is 29.3 Å². The first kappa shape index (κ1) is 29.7. The number of aromatic nitrogens is 1. The standard InChI is InChI=1S/C31H41NO6S/c1-7-8-11-21-28(35)18(2)10-9-14-31(6)26(38-31)16-23(20-12-13-24-22(15-20)32-19(3)39-24)37-27(34)17-25(33)30(4,5)29(21)36/h1,12-13,15,18,21,23,25-26,28,33,35H,8-11,14,16-17H2,2-6H3. The quantitative estimate of drug-likeness (QED) is 0.301. The summed E-state index contributed by atoms with van der Waals surface area (Å²) in [5.74, 6) is 0.820. The maximum Gasteiger partial charge on any atom is 0.309 e. The predicted octanol–water partition coefficient (Wildman–Crippen LogP) is 5.29. The number of cyclic esters (lactones) is 1. The van der Waals surface area contributed by atoms with E-state index < -0.39 is 35.6 Å². The summed E-state index contributed by atoms with van der Waals surface area (Å²) in [5.41, 5.74) is 0.0697. The van der Waals surface area contributed by atoms with Gasteiger partial charge in [0.1, 0.15) is 11.9 Å². The van der Waals surface area contributed by atoms with Crippen LogP contribution in [0, 0.1) is 36.5 Å². The lowest BCUT2D eigenvalue weighted by molar-refractivity contribution is -0.156. The average Bonchev–Trinajstić information content (AvgIpc) is 3.34. The largest absolute Gasteiger partial charge is 0.457 e. The van der Waals surface area contributed by atoms with Crippen LogP contribution in [-0.2, 0) is 19.1 Å². The fraction of sp³-hybridized carbons (Fsp3) is 0.645. The summed E-state index contributed by atoms with van der Waals surface area (Å²) in [6.45, 7) is 9.22. The van der Waals surface area contributed by atoms with Gasteiger partial charge < -0.3 is 19.7 Å². The number of terminal acetylenes is 1. The Morgan fingerprint density at radius 3 is 2.69 bits per heavy atom. The van der Waals surface area contributed by atoms with Gasteiger partial charge in [-0.1, -0.05) is 33.3 Å². The molecule has 2 aromatic rings. The summed E-state index contributed by atoms with van der Waals surface area (Å²) >= 11 is 1.61. The molecule has 7 unspecified atom stereocenters. The highest BCUT2D eigenvalue weighted by Crippen LogP contribution is 2.47. The Morgan fingerprint density at radius 1 is 1.23 bits per heavy atom. The van der Waals surface area contributed by atoms with E-state index >= 15 is 0 Å². The van der Waals surface area contributed by atoms with Crippen LogP contribution in [-0.4, -0.2) is 50.9 Å². The number of epoxide rings is 1. The molecule has 0 spiro atoms. The van der Waals surface area contributed by atoms with E-state index in [-0.39, 0.29) is 29.8 Å². The van der Waals surface area contributed by atoms with E-state index in [1.54, 1.807) is 25.2 Å². The number of aryl methyl sites for hydroxylation is 1. The average molecular weight is 556 g/mol. The van der Waals surface area contributed by atoms with Crippen molar-refractivity contribution in [3.05, 3.63) is 28.8 Å². The lowest BCUT2D eigenvalue weighted by Crippen LogP contribution is -2.46. The zero-order valence-corrected chi connectivity index (χ0v) is 24.4. The van der Waals surface area contributed by atoms with Gasteiger partial charge in [-0.3, -0.25) is 9.59 Å². The molecule has 2 aliphatic heterocycles. The number of carbonyl (C=O) groups excluding carboxylic acids is 2. The molecule has 2 fully saturated rings. The van der Waals surface area contributed by atoms with Crippen molar-refractivity contribution in [2.75, 3.05) is 0 Å². The fourth-order valence-corrected chi connectivity index (χ4v) is 6.62. The van der Waals surface area contributed by atoms with Crippen molar-refractivity contribution in [1.29, 1.82) is 0 Å². The molecule has 7 nitrogen and oxygen atoms in total. The number of hydrogen-bond acceptors (Lipinski definition) is 8. The van der Waals surface area contributed by atoms with Gasteiger partial charge >= 0.3 is 5.97 Å². The SMILES string of the molecule is C#CCCC1C(=O)C(C)(C)C(O)CC(=O)OC(c2ccc3sc(C)nc3c2)CC2OC2(C)CCCC(C)C1O. The van der Waals surface area contributed by atoms with Crippen molar-refractivity contribution in [3.8, 4) is 12.3 Å². The second kappa shape index (κ2) is 11.7. The normalized spacial score (nSPS) is 34.2. The number of ketones is 1. The number of nitrogens with zero attached hydrogens (tertiary/aromatic N) is 1. The van der Waals surface area contributed by atoms with Crippen molar-refractivity contribution in [2.24, 2.45) is 17.3 Å². The van der Waals surface area contributed by atoms with Crippen LogP contribution in [0.25, 0.3) is 10.2 Å². The van der Waals surface area contributed by atoms with Crippen molar-refractivity contribution in [1.82, 2.24) is 4.98 Å². The van der Waals surface area contributed by atoms with Gasteiger partial charge in [0, 0.05) is 18.8 Å². The third-order valence-corrected chi connectivity index (χ3v) is 9.67. The smallest absolute Gasteiger partial charge is 0.309 e. The van der Waals surface area contributed by atoms with Gasteiger partial charge in [0.25, 0.3) is 0 Å². The molecule has 1 aromatic carbocycles. The molecule has 0 radical (unpaired) electrons. The molecule has 0 bridgehead atoms. The predicted molar refractivity (Wildman–Crippen MR) is 151 cm³/mol. The number of benzene rings is 1. The van der Waals surface area contributed by atoms with Crippen LogP contribution < -0.4 is 0 Å². The van der Waals surface area contributed by atoms with Crippen molar-refractivity contribution in [3.63, 3.8) is 0 Å². The molecule has 39 heavy (non-hydrogen) atoms. The first-order chi connectivity index (χ1) is 18.4. The van der Waals surface area contributed by atoms with Gasteiger partial charge in [0.15, 0.2) is 0 Å². The first-order valence-corrected chi connectivity index (χ1v) is 14.8. The van der Waals surface area contributed by atoms with Gasteiger partial charge in [-0.15, -0.1) is 23.7 Å². The lowest BCUT2D eigenvalue weighted by Gasteiger charge is -2.36. The van der Waals surface area contributed by atoms with Crippen molar-refractivity contribution >= 4 is 33.3 Å². The summed E-state index contributed by atoms with van der Waals surface area (Å²) in [5, 5.41) is 23.3. The van der Waals surface area contributed by atoms with Crippen LogP contribution in [0.2, 0.25) is 0 Å². The number of thiazole rings is 1. The molecular weight excluding hydrogens is 514 g/mol. The van der Waals surface area contributed by atoms with Crippen LogP contribution in [0.4, 0.5) is 0 Å². The number of hydrogen-bond donors (Lipinski definition) is 2. The van der Waals surface area contributed by atoms with E-state index in [0.717, 1.165) is 40.1 Å². The van der Waals surface area contributed by atoms with Crippen LogP contribution in [0.3, 0.4) is 0 Å². The molecule has 2 N–H and O–H groups in total. The second-order valence-electron chi connectivity index (χ2n) is 12.1. The summed E-state index contributed by atoms with van der Waals surface area (Å²) in [6.07, 6.45) is 5.81. The molecule has 1 aromatic heterocycles. The number of Topliss-reactive ketones (excluding diaryl/α,β-unsaturated/α-hetero) is 1. The summed E-state index contributed by atoms with van der Waals surface area (Å²) in [4.78, 5) is 31.5. The molecule has 0 aliphatic carbocycles. The number of rotatable bonds is 3. The molecule has 3 heterocycles. The molecule has 7 atom stereocenters. The van der Waals surface area contributed by atoms with Gasteiger partial charge in [-0.25, -0.2) is 4.98 Å². The van der Waals surface area contributed by atoms with Gasteiger partial charge in [0.05, 0.1) is 51.0 Å². The highest BCUT2D eigenvalue weighted by atomic mass is 32.1. The maximum atomic E-state index is 13.7. The van der Waals surface area contributed by atoms with Crippen LogP contribution in [0.1, 0.15) is 89.3 Å². The van der Waals surface area contributed by atoms with Gasteiger partial charge in [-0.2, -0.15) is 0 Å². The van der Waals surface area contributed by atoms with E-state index in [9.17, 15) is 19.8 Å². The topological polar surface area (TPSA) is 109 Å². The number of esters is 1. The molecule has 0 amide bonds. The third-order valence-electron chi connectivity index (χ3n) is 8.72. The number of fused-ring (bicyclic) bond motifs is 2. The molecule has 0 saturated carbocycles. The lowest BCUT2D eigenvalue weighted by atomic mass is 9.71. The Kier molecular flexibility index (Phi) is 8.87. The Morgan fingerprint density at radius 2 is 1.97 bits per heavy atom. The maximum absolute atomic E-state index is 13.7. The van der Waals surface area contributed by atoms with E-state index in [2.05, 4.69) is 17.8 Å².